The summed E-state index contributed by atoms with van der Waals surface area (Å²) in [5.74, 6) is 0.174. The van der Waals surface area contributed by atoms with Crippen molar-refractivity contribution in [2.75, 3.05) is 24.5 Å². The molecule has 130 valence electrons. The molecule has 0 saturated carbocycles. The fraction of sp³-hybridized carbons (Fsp3) is 0.556. The molecule has 3 amide bonds. The molecule has 2 saturated heterocycles. The Bertz CT molecular complexity index is 609. The zero-order valence-electron chi connectivity index (χ0n) is 14.3. The van der Waals surface area contributed by atoms with Gasteiger partial charge in [-0.1, -0.05) is 12.1 Å². The van der Waals surface area contributed by atoms with Crippen LogP contribution in [0.2, 0.25) is 0 Å². The highest BCUT2D eigenvalue weighted by atomic mass is 16.5. The molecular weight excluding hydrogens is 306 g/mol. The Morgan fingerprint density at radius 2 is 2.04 bits per heavy atom. The van der Waals surface area contributed by atoms with E-state index in [2.05, 4.69) is 5.32 Å². The quantitative estimate of drug-likeness (QED) is 0.923. The summed E-state index contributed by atoms with van der Waals surface area (Å²) in [5, 5.41) is 2.97. The van der Waals surface area contributed by atoms with Crippen LogP contribution in [0, 0.1) is 0 Å². The fourth-order valence-corrected chi connectivity index (χ4v) is 3.39. The molecular formula is C18H25N3O3. The van der Waals surface area contributed by atoms with Gasteiger partial charge in [-0.05, 0) is 38.0 Å². The summed E-state index contributed by atoms with van der Waals surface area (Å²) < 4.78 is 5.65. The molecule has 1 aromatic carbocycles. The smallest absolute Gasteiger partial charge is 0.317 e. The van der Waals surface area contributed by atoms with Crippen molar-refractivity contribution in [1.29, 1.82) is 0 Å². The topological polar surface area (TPSA) is 61.9 Å². The number of amides is 3. The van der Waals surface area contributed by atoms with Crippen LogP contribution in [-0.4, -0.2) is 48.7 Å². The van der Waals surface area contributed by atoms with Crippen LogP contribution < -0.4 is 10.2 Å². The number of carbonyl (C=O) groups is 2. The van der Waals surface area contributed by atoms with Crippen molar-refractivity contribution in [2.24, 2.45) is 0 Å². The number of anilines is 1. The van der Waals surface area contributed by atoms with E-state index in [0.717, 1.165) is 24.2 Å². The highest BCUT2D eigenvalue weighted by Crippen LogP contribution is 2.22. The Balaban J connectivity index is 1.58. The molecule has 6 heteroatoms. The van der Waals surface area contributed by atoms with Gasteiger partial charge in [-0.2, -0.15) is 0 Å². The van der Waals surface area contributed by atoms with Gasteiger partial charge in [-0.3, -0.25) is 4.79 Å². The molecule has 6 nitrogen and oxygen atoms in total. The Hall–Kier alpha value is -2.08. The minimum absolute atomic E-state index is 0.0593. The molecule has 2 heterocycles. The zero-order valence-corrected chi connectivity index (χ0v) is 14.3. The average Bonchev–Trinajstić information content (AvgIpc) is 2.98. The molecule has 24 heavy (non-hydrogen) atoms. The van der Waals surface area contributed by atoms with E-state index < -0.39 is 0 Å². The minimum atomic E-state index is -0.0698. The standard InChI is InChI=1S/C18H25N3O3/c1-13-11-20(12-14(2)24-13)18(23)19-10-15-5-3-6-16(9-15)21-8-4-7-17(21)22/h3,5-6,9,13-14H,4,7-8,10-12H2,1-2H3,(H,19,23)/t13-,14-/m1/s1. The molecule has 1 aromatic rings. The lowest BCUT2D eigenvalue weighted by atomic mass is 10.2. The van der Waals surface area contributed by atoms with Gasteiger partial charge < -0.3 is 19.9 Å². The summed E-state index contributed by atoms with van der Waals surface area (Å²) in [7, 11) is 0. The number of rotatable bonds is 3. The van der Waals surface area contributed by atoms with Gasteiger partial charge in [-0.15, -0.1) is 0 Å². The second-order valence-electron chi connectivity index (χ2n) is 6.64. The highest BCUT2D eigenvalue weighted by molar-refractivity contribution is 5.95. The molecule has 2 aliphatic heterocycles. The molecule has 0 radical (unpaired) electrons. The van der Waals surface area contributed by atoms with Crippen molar-refractivity contribution in [1.82, 2.24) is 10.2 Å². The Kier molecular flexibility index (Phi) is 5.04. The van der Waals surface area contributed by atoms with Crippen LogP contribution in [0.3, 0.4) is 0 Å². The van der Waals surface area contributed by atoms with E-state index in [1.54, 1.807) is 4.90 Å². The highest BCUT2D eigenvalue weighted by Gasteiger charge is 2.26. The van der Waals surface area contributed by atoms with Crippen molar-refractivity contribution in [3.05, 3.63) is 29.8 Å². The van der Waals surface area contributed by atoms with E-state index in [0.29, 0.717) is 26.1 Å². The molecule has 2 aliphatic rings. The SMILES string of the molecule is C[C@@H]1CN(C(=O)NCc2cccc(N3CCCC3=O)c2)C[C@@H](C)O1. The average molecular weight is 331 g/mol. The monoisotopic (exact) mass is 331 g/mol. The third-order valence-electron chi connectivity index (χ3n) is 4.45. The van der Waals surface area contributed by atoms with Crippen molar-refractivity contribution >= 4 is 17.6 Å². The van der Waals surface area contributed by atoms with Crippen LogP contribution in [0.5, 0.6) is 0 Å². The third kappa shape index (κ3) is 3.87. The van der Waals surface area contributed by atoms with Gasteiger partial charge in [0.1, 0.15) is 0 Å². The molecule has 3 rings (SSSR count). The lowest BCUT2D eigenvalue weighted by molar-refractivity contribution is -0.117. The van der Waals surface area contributed by atoms with Gasteiger partial charge >= 0.3 is 6.03 Å². The van der Waals surface area contributed by atoms with E-state index in [1.165, 1.54) is 0 Å². The third-order valence-corrected chi connectivity index (χ3v) is 4.45. The molecule has 0 unspecified atom stereocenters. The van der Waals surface area contributed by atoms with Gasteiger partial charge in [0.05, 0.1) is 12.2 Å². The predicted octanol–water partition coefficient (Wildman–Crippen LogP) is 2.13. The second-order valence-corrected chi connectivity index (χ2v) is 6.64. The first-order valence-electron chi connectivity index (χ1n) is 8.60. The Morgan fingerprint density at radius 3 is 2.71 bits per heavy atom. The molecule has 2 fully saturated rings. The normalized spacial score (nSPS) is 24.3. The van der Waals surface area contributed by atoms with Crippen molar-refractivity contribution in [3.63, 3.8) is 0 Å². The maximum absolute atomic E-state index is 12.4. The predicted molar refractivity (Wildman–Crippen MR) is 91.8 cm³/mol. The number of ether oxygens (including phenoxy) is 1. The van der Waals surface area contributed by atoms with Gasteiger partial charge in [-0.25, -0.2) is 4.79 Å². The zero-order chi connectivity index (χ0) is 17.1. The number of nitrogens with one attached hydrogen (secondary N) is 1. The number of urea groups is 1. The van der Waals surface area contributed by atoms with Crippen LogP contribution in [0.25, 0.3) is 0 Å². The fourth-order valence-electron chi connectivity index (χ4n) is 3.39. The van der Waals surface area contributed by atoms with Crippen LogP contribution in [0.1, 0.15) is 32.3 Å². The Labute approximate surface area is 142 Å². The summed E-state index contributed by atoms with van der Waals surface area (Å²) >= 11 is 0. The number of morpholine rings is 1. The lowest BCUT2D eigenvalue weighted by Crippen LogP contribution is -2.51. The second kappa shape index (κ2) is 7.21. The summed E-state index contributed by atoms with van der Waals surface area (Å²) in [6, 6.07) is 7.75. The Morgan fingerprint density at radius 1 is 1.29 bits per heavy atom. The lowest BCUT2D eigenvalue weighted by Gasteiger charge is -2.35. The van der Waals surface area contributed by atoms with Crippen LogP contribution in [-0.2, 0) is 16.1 Å². The van der Waals surface area contributed by atoms with Crippen molar-refractivity contribution < 1.29 is 14.3 Å². The summed E-state index contributed by atoms with van der Waals surface area (Å²) in [4.78, 5) is 27.8. The summed E-state index contributed by atoms with van der Waals surface area (Å²) in [6.45, 7) is 6.41. The number of carbonyl (C=O) groups excluding carboxylic acids is 2. The summed E-state index contributed by atoms with van der Waals surface area (Å²) in [6.07, 6.45) is 1.65. The molecule has 1 N–H and O–H groups in total. The van der Waals surface area contributed by atoms with Crippen LogP contribution in [0.4, 0.5) is 10.5 Å². The first kappa shape index (κ1) is 16.8. The number of benzene rings is 1. The largest absolute Gasteiger partial charge is 0.372 e. The molecule has 0 aromatic heterocycles. The van der Waals surface area contributed by atoms with Crippen molar-refractivity contribution in [2.45, 2.75) is 45.4 Å². The van der Waals surface area contributed by atoms with Gasteiger partial charge in [0.25, 0.3) is 0 Å². The summed E-state index contributed by atoms with van der Waals surface area (Å²) in [5.41, 5.74) is 1.91. The van der Waals surface area contributed by atoms with E-state index >= 15 is 0 Å². The van der Waals surface area contributed by atoms with Crippen LogP contribution >= 0.6 is 0 Å². The number of hydrogen-bond acceptors (Lipinski definition) is 3. The van der Waals surface area contributed by atoms with Gasteiger partial charge in [0, 0.05) is 38.3 Å². The number of hydrogen-bond donors (Lipinski definition) is 1. The molecule has 0 spiro atoms. The van der Waals surface area contributed by atoms with Crippen molar-refractivity contribution in [3.8, 4) is 0 Å². The van der Waals surface area contributed by atoms with E-state index in [9.17, 15) is 9.59 Å². The molecule has 0 bridgehead atoms. The van der Waals surface area contributed by atoms with E-state index in [4.69, 9.17) is 4.74 Å². The van der Waals surface area contributed by atoms with E-state index in [1.807, 2.05) is 43.0 Å². The first-order valence-corrected chi connectivity index (χ1v) is 8.60. The first-order chi connectivity index (χ1) is 11.5. The van der Waals surface area contributed by atoms with Gasteiger partial charge in [0.2, 0.25) is 5.91 Å². The van der Waals surface area contributed by atoms with E-state index in [-0.39, 0.29) is 24.1 Å². The maximum atomic E-state index is 12.4. The van der Waals surface area contributed by atoms with Gasteiger partial charge in [0.15, 0.2) is 0 Å². The molecule has 2 atom stereocenters. The minimum Gasteiger partial charge on any atom is -0.372 e. The molecule has 0 aliphatic carbocycles. The number of nitrogens with zero attached hydrogens (tertiary/aromatic N) is 2. The van der Waals surface area contributed by atoms with Crippen LogP contribution in [0.15, 0.2) is 24.3 Å². The maximum Gasteiger partial charge on any atom is 0.317 e.